The molecule has 6 nitrogen and oxygen atoms in total. The largest absolute Gasteiger partial charge is 0.573 e. The first-order chi connectivity index (χ1) is 14.5. The molecule has 0 saturated carbocycles. The second-order valence-corrected chi connectivity index (χ2v) is 6.98. The van der Waals surface area contributed by atoms with E-state index >= 15 is 0 Å². The van der Waals surface area contributed by atoms with Crippen LogP contribution in [-0.2, 0) is 0 Å². The summed E-state index contributed by atoms with van der Waals surface area (Å²) in [6, 6.07) is 5.04. The Bertz CT molecular complexity index is 894. The number of para-hydroxylation sites is 1. The van der Waals surface area contributed by atoms with E-state index < -0.39 is 30.7 Å². The quantitative estimate of drug-likeness (QED) is 0.705. The van der Waals surface area contributed by atoms with Crippen LogP contribution in [0.15, 0.2) is 36.7 Å². The average Bonchev–Trinajstić information content (AvgIpc) is 2.68. The fourth-order valence-electron chi connectivity index (χ4n) is 3.21. The normalized spacial score (nSPS) is 16.2. The topological polar surface area (TPSA) is 67.4 Å². The fraction of sp³-hybridized carbons (Fsp3) is 0.421. The predicted octanol–water partition coefficient (Wildman–Crippen LogP) is 3.80. The zero-order chi connectivity index (χ0) is 22.6. The van der Waals surface area contributed by atoms with E-state index in [4.69, 9.17) is 0 Å². The van der Waals surface area contributed by atoms with Crippen LogP contribution in [0.1, 0.15) is 23.2 Å². The number of benzene rings is 1. The Labute approximate surface area is 173 Å². The smallest absolute Gasteiger partial charge is 0.405 e. The number of aromatic nitrogens is 2. The first-order valence-electron chi connectivity index (χ1n) is 9.27. The van der Waals surface area contributed by atoms with Crippen molar-refractivity contribution in [1.29, 1.82) is 0 Å². The summed E-state index contributed by atoms with van der Waals surface area (Å²) in [7, 11) is 0. The lowest BCUT2D eigenvalue weighted by Crippen LogP contribution is -2.47. The van der Waals surface area contributed by atoms with Gasteiger partial charge < -0.3 is 10.1 Å². The van der Waals surface area contributed by atoms with Gasteiger partial charge in [0, 0.05) is 31.5 Å². The van der Waals surface area contributed by atoms with Crippen LogP contribution in [0.3, 0.4) is 0 Å². The van der Waals surface area contributed by atoms with Crippen molar-refractivity contribution in [1.82, 2.24) is 20.2 Å². The molecule has 12 heteroatoms. The molecule has 1 N–H and O–H groups in total. The van der Waals surface area contributed by atoms with Gasteiger partial charge in [0.1, 0.15) is 5.75 Å². The molecule has 1 fully saturated rings. The zero-order valence-electron chi connectivity index (χ0n) is 16.0. The van der Waals surface area contributed by atoms with Gasteiger partial charge in [-0.05, 0) is 25.0 Å². The maximum Gasteiger partial charge on any atom is 0.573 e. The van der Waals surface area contributed by atoms with Crippen molar-refractivity contribution in [2.24, 2.45) is 0 Å². The van der Waals surface area contributed by atoms with Gasteiger partial charge in [0.2, 0.25) is 0 Å². The number of likely N-dealkylation sites (tertiary alicyclic amines) is 1. The lowest BCUT2D eigenvalue weighted by molar-refractivity contribution is -0.274. The molecule has 0 atom stereocenters. The minimum Gasteiger partial charge on any atom is -0.405 e. The lowest BCUT2D eigenvalue weighted by atomic mass is 10.0. The van der Waals surface area contributed by atoms with Crippen LogP contribution < -0.4 is 10.1 Å². The third kappa shape index (κ3) is 6.81. The van der Waals surface area contributed by atoms with Gasteiger partial charge in [-0.3, -0.25) is 9.69 Å². The minimum absolute atomic E-state index is 0.00354. The summed E-state index contributed by atoms with van der Waals surface area (Å²) in [6.45, 7) is -0.575. The Balaban J connectivity index is 1.61. The number of rotatable bonds is 5. The van der Waals surface area contributed by atoms with Crippen LogP contribution in [0.25, 0.3) is 11.4 Å². The van der Waals surface area contributed by atoms with Gasteiger partial charge in [-0.15, -0.1) is 13.2 Å². The highest BCUT2D eigenvalue weighted by molar-refractivity contribution is 5.94. The zero-order valence-corrected chi connectivity index (χ0v) is 16.0. The van der Waals surface area contributed by atoms with Crippen LogP contribution >= 0.6 is 0 Å². The number of piperidine rings is 1. The van der Waals surface area contributed by atoms with Crippen molar-refractivity contribution in [3.05, 3.63) is 42.2 Å². The summed E-state index contributed by atoms with van der Waals surface area (Å²) in [5.74, 6) is -1.05. The Morgan fingerprint density at radius 2 is 1.68 bits per heavy atom. The van der Waals surface area contributed by atoms with Crippen molar-refractivity contribution in [3.8, 4) is 17.1 Å². The van der Waals surface area contributed by atoms with E-state index in [0.717, 1.165) is 6.07 Å². The van der Waals surface area contributed by atoms with Gasteiger partial charge >= 0.3 is 12.5 Å². The highest BCUT2D eigenvalue weighted by Gasteiger charge is 2.33. The molecule has 0 unspecified atom stereocenters. The summed E-state index contributed by atoms with van der Waals surface area (Å²) < 4.78 is 79.0. The maximum atomic E-state index is 12.6. The monoisotopic (exact) mass is 448 g/mol. The van der Waals surface area contributed by atoms with E-state index in [1.54, 1.807) is 0 Å². The molecule has 1 amide bonds. The van der Waals surface area contributed by atoms with Gasteiger partial charge in [-0.1, -0.05) is 12.1 Å². The number of hydrogen-bond donors (Lipinski definition) is 1. The van der Waals surface area contributed by atoms with Gasteiger partial charge in [-0.25, -0.2) is 9.97 Å². The Morgan fingerprint density at radius 1 is 1.06 bits per heavy atom. The summed E-state index contributed by atoms with van der Waals surface area (Å²) in [5.41, 5.74) is 0.0829. The average molecular weight is 448 g/mol. The Hall–Kier alpha value is -2.89. The Kier molecular flexibility index (Phi) is 6.68. The van der Waals surface area contributed by atoms with Crippen LogP contribution in [0, 0.1) is 0 Å². The number of nitrogens with zero attached hydrogens (tertiary/aromatic N) is 3. The van der Waals surface area contributed by atoms with Gasteiger partial charge in [0.25, 0.3) is 5.91 Å². The van der Waals surface area contributed by atoms with Crippen LogP contribution in [0.2, 0.25) is 0 Å². The van der Waals surface area contributed by atoms with E-state index in [2.05, 4.69) is 20.0 Å². The molecule has 168 valence electrons. The van der Waals surface area contributed by atoms with E-state index in [1.807, 2.05) is 0 Å². The summed E-state index contributed by atoms with van der Waals surface area (Å²) >= 11 is 0. The number of carbonyl (C=O) groups excluding carboxylic acids is 1. The molecule has 2 heterocycles. The predicted molar refractivity (Wildman–Crippen MR) is 97.1 cm³/mol. The fourth-order valence-corrected chi connectivity index (χ4v) is 3.21. The van der Waals surface area contributed by atoms with E-state index in [0.29, 0.717) is 12.8 Å². The highest BCUT2D eigenvalue weighted by Crippen LogP contribution is 2.31. The molecule has 1 aliphatic heterocycles. The maximum absolute atomic E-state index is 12.6. The number of ether oxygens (including phenoxy) is 1. The molecule has 0 spiro atoms. The number of halogens is 6. The first-order valence-corrected chi connectivity index (χ1v) is 9.27. The number of hydrogen-bond acceptors (Lipinski definition) is 5. The number of nitrogens with one attached hydrogen (secondary N) is 1. The lowest BCUT2D eigenvalue weighted by Gasteiger charge is -2.32. The van der Waals surface area contributed by atoms with Crippen molar-refractivity contribution >= 4 is 5.91 Å². The van der Waals surface area contributed by atoms with Crippen LogP contribution in [0.4, 0.5) is 26.3 Å². The van der Waals surface area contributed by atoms with Gasteiger partial charge in [0.05, 0.1) is 17.7 Å². The number of amides is 1. The first kappa shape index (κ1) is 22.8. The minimum atomic E-state index is -4.88. The molecule has 1 aliphatic rings. The van der Waals surface area contributed by atoms with Crippen molar-refractivity contribution in [2.45, 2.75) is 31.4 Å². The van der Waals surface area contributed by atoms with Crippen LogP contribution in [-0.4, -0.2) is 59.0 Å². The van der Waals surface area contributed by atoms with E-state index in [1.165, 1.54) is 35.5 Å². The number of alkyl halides is 6. The molecular formula is C19H18F6N4O2. The molecule has 1 aromatic carbocycles. The third-order valence-electron chi connectivity index (χ3n) is 4.59. The van der Waals surface area contributed by atoms with Crippen molar-refractivity contribution in [2.75, 3.05) is 19.6 Å². The second kappa shape index (κ2) is 9.08. The van der Waals surface area contributed by atoms with E-state index in [-0.39, 0.29) is 36.1 Å². The molecule has 3 rings (SSSR count). The van der Waals surface area contributed by atoms with Gasteiger partial charge in [-0.2, -0.15) is 13.2 Å². The van der Waals surface area contributed by atoms with Gasteiger partial charge in [0.15, 0.2) is 5.82 Å². The molecule has 0 bridgehead atoms. The SMILES string of the molecule is O=C(NC1CCN(CC(F)(F)F)CC1)c1cnc(-c2ccccc2OC(F)(F)F)nc1. The molecule has 2 aromatic rings. The summed E-state index contributed by atoms with van der Waals surface area (Å²) in [5, 5.41) is 2.72. The second-order valence-electron chi connectivity index (χ2n) is 6.98. The Morgan fingerprint density at radius 3 is 2.26 bits per heavy atom. The molecular weight excluding hydrogens is 430 g/mol. The number of carbonyl (C=O) groups is 1. The molecule has 0 aliphatic carbocycles. The molecule has 31 heavy (non-hydrogen) atoms. The standard InChI is InChI=1S/C19H18F6N4O2/c20-18(21,22)11-29-7-5-13(6-8-29)28-17(30)12-9-26-16(27-10-12)14-3-1-2-4-15(14)31-19(23,24)25/h1-4,9-10,13H,5-8,11H2,(H,28,30). The third-order valence-corrected chi connectivity index (χ3v) is 4.59. The summed E-state index contributed by atoms with van der Waals surface area (Å²) in [4.78, 5) is 21.6. The molecule has 0 radical (unpaired) electrons. The van der Waals surface area contributed by atoms with Crippen molar-refractivity contribution < 1.29 is 35.9 Å². The van der Waals surface area contributed by atoms with E-state index in [9.17, 15) is 31.1 Å². The molecule has 1 aromatic heterocycles. The van der Waals surface area contributed by atoms with Crippen molar-refractivity contribution in [3.63, 3.8) is 0 Å². The summed E-state index contributed by atoms with van der Waals surface area (Å²) in [6.07, 6.45) is -6.09. The van der Waals surface area contributed by atoms with Crippen LogP contribution in [0.5, 0.6) is 5.75 Å². The molecule has 1 saturated heterocycles. The highest BCUT2D eigenvalue weighted by atomic mass is 19.4.